The van der Waals surface area contributed by atoms with E-state index in [0.717, 1.165) is 11.1 Å². The Morgan fingerprint density at radius 3 is 1.74 bits per heavy atom. The summed E-state index contributed by atoms with van der Waals surface area (Å²) in [7, 11) is 0. The average Bonchev–Trinajstić information content (AvgIpc) is 3.12. The van der Waals surface area contributed by atoms with E-state index in [1.165, 1.54) is 0 Å². The smallest absolute Gasteiger partial charge is 0.320 e. The predicted molar refractivity (Wildman–Crippen MR) is 98.3 cm³/mol. The van der Waals surface area contributed by atoms with Crippen molar-refractivity contribution in [1.82, 2.24) is 0 Å². The number of ether oxygens (including phenoxy) is 2. The molecule has 140 valence electrons. The summed E-state index contributed by atoms with van der Waals surface area (Å²) in [6.07, 6.45) is 1.11. The van der Waals surface area contributed by atoms with Crippen molar-refractivity contribution >= 4 is 17.7 Å². The maximum atomic E-state index is 12.6. The van der Waals surface area contributed by atoms with E-state index in [2.05, 4.69) is 0 Å². The van der Waals surface area contributed by atoms with Crippen LogP contribution < -0.4 is 0 Å². The van der Waals surface area contributed by atoms with Crippen LogP contribution in [-0.2, 0) is 37.1 Å². The van der Waals surface area contributed by atoms with Crippen molar-refractivity contribution in [3.8, 4) is 0 Å². The molecule has 0 N–H and O–H groups in total. The number of esters is 2. The quantitative estimate of drug-likeness (QED) is 0.554. The molecule has 0 radical (unpaired) electrons. The van der Waals surface area contributed by atoms with E-state index in [9.17, 15) is 14.4 Å². The highest BCUT2D eigenvalue weighted by Gasteiger charge is 2.41. The minimum absolute atomic E-state index is 0.0664. The fraction of sp³-hybridized carbons (Fsp3) is 0.318. The van der Waals surface area contributed by atoms with Crippen LogP contribution in [0.25, 0.3) is 0 Å². The van der Waals surface area contributed by atoms with Crippen LogP contribution in [0.15, 0.2) is 60.7 Å². The molecular weight excluding hydrogens is 344 g/mol. The summed E-state index contributed by atoms with van der Waals surface area (Å²) in [5, 5.41) is 0. The molecule has 0 aliphatic heterocycles. The van der Waals surface area contributed by atoms with Crippen LogP contribution in [0.1, 0.15) is 30.4 Å². The first-order valence-electron chi connectivity index (χ1n) is 9.06. The molecule has 0 bridgehead atoms. The largest absolute Gasteiger partial charge is 0.460 e. The maximum absolute atomic E-state index is 12.6. The summed E-state index contributed by atoms with van der Waals surface area (Å²) < 4.78 is 10.7. The molecule has 1 aliphatic carbocycles. The zero-order chi connectivity index (χ0) is 19.1. The molecule has 0 heterocycles. The third-order valence-electron chi connectivity index (χ3n) is 4.71. The lowest BCUT2D eigenvalue weighted by Gasteiger charge is -2.20. The van der Waals surface area contributed by atoms with E-state index >= 15 is 0 Å². The third-order valence-corrected chi connectivity index (χ3v) is 4.71. The van der Waals surface area contributed by atoms with Crippen molar-refractivity contribution in [3.63, 3.8) is 0 Å². The third kappa shape index (κ3) is 5.26. The number of rotatable bonds is 7. The molecule has 5 nitrogen and oxygen atoms in total. The van der Waals surface area contributed by atoms with Gasteiger partial charge in [-0.25, -0.2) is 0 Å². The standard InChI is InChI=1S/C22H22O5/c23-19-12-11-18(13-19)20(21(24)26-14-16-7-3-1-4-8-16)22(25)27-15-17-9-5-2-6-10-17/h1-10,18,20H,11-15H2/t18-/m1/s1. The van der Waals surface area contributed by atoms with Crippen molar-refractivity contribution < 1.29 is 23.9 Å². The molecule has 2 aromatic carbocycles. The average molecular weight is 366 g/mol. The van der Waals surface area contributed by atoms with Crippen molar-refractivity contribution in [2.45, 2.75) is 32.5 Å². The van der Waals surface area contributed by atoms with Crippen LogP contribution in [0.3, 0.4) is 0 Å². The Hall–Kier alpha value is -2.95. The van der Waals surface area contributed by atoms with Gasteiger partial charge in [0.25, 0.3) is 0 Å². The summed E-state index contributed by atoms with van der Waals surface area (Å²) in [4.78, 5) is 36.9. The highest BCUT2D eigenvalue weighted by atomic mass is 16.6. The molecule has 1 atom stereocenters. The number of carbonyl (C=O) groups is 3. The molecule has 1 aliphatic rings. The lowest BCUT2D eigenvalue weighted by Crippen LogP contribution is -2.33. The van der Waals surface area contributed by atoms with Gasteiger partial charge in [0, 0.05) is 12.8 Å². The maximum Gasteiger partial charge on any atom is 0.320 e. The Balaban J connectivity index is 1.65. The monoisotopic (exact) mass is 366 g/mol. The van der Waals surface area contributed by atoms with E-state index in [1.54, 1.807) is 0 Å². The Kier molecular flexibility index (Phi) is 6.36. The Morgan fingerprint density at radius 1 is 0.852 bits per heavy atom. The normalized spacial score (nSPS) is 16.3. The fourth-order valence-electron chi connectivity index (χ4n) is 3.25. The Labute approximate surface area is 158 Å². The van der Waals surface area contributed by atoms with Gasteiger partial charge in [0.15, 0.2) is 5.92 Å². The van der Waals surface area contributed by atoms with Gasteiger partial charge in [0.2, 0.25) is 0 Å². The molecule has 0 aromatic heterocycles. The van der Waals surface area contributed by atoms with Crippen LogP contribution in [-0.4, -0.2) is 17.7 Å². The number of benzene rings is 2. The minimum Gasteiger partial charge on any atom is -0.460 e. The Bertz CT molecular complexity index is 729. The second kappa shape index (κ2) is 9.12. The highest BCUT2D eigenvalue weighted by molar-refractivity contribution is 5.96. The van der Waals surface area contributed by atoms with E-state index in [1.807, 2.05) is 60.7 Å². The molecule has 27 heavy (non-hydrogen) atoms. The van der Waals surface area contributed by atoms with E-state index in [0.29, 0.717) is 12.8 Å². The van der Waals surface area contributed by atoms with Crippen molar-refractivity contribution in [3.05, 3.63) is 71.8 Å². The number of Topliss-reactive ketones (excluding diaryl/α,β-unsaturated/α-hetero) is 1. The molecule has 0 spiro atoms. The van der Waals surface area contributed by atoms with Crippen LogP contribution in [0.2, 0.25) is 0 Å². The Morgan fingerprint density at radius 2 is 1.33 bits per heavy atom. The van der Waals surface area contributed by atoms with Crippen molar-refractivity contribution in [2.75, 3.05) is 0 Å². The fourth-order valence-corrected chi connectivity index (χ4v) is 3.25. The SMILES string of the molecule is O=C1CC[C@@H](C(C(=O)OCc2ccccc2)C(=O)OCc2ccccc2)C1. The molecule has 0 unspecified atom stereocenters. The molecule has 1 fully saturated rings. The van der Waals surface area contributed by atoms with Gasteiger partial charge in [-0.15, -0.1) is 0 Å². The topological polar surface area (TPSA) is 69.7 Å². The lowest BCUT2D eigenvalue weighted by molar-refractivity contribution is -0.166. The van der Waals surface area contributed by atoms with Gasteiger partial charge in [-0.1, -0.05) is 60.7 Å². The van der Waals surface area contributed by atoms with Crippen LogP contribution in [0.4, 0.5) is 0 Å². The second-order valence-electron chi connectivity index (χ2n) is 6.71. The van der Waals surface area contributed by atoms with E-state index in [4.69, 9.17) is 9.47 Å². The van der Waals surface area contributed by atoms with Crippen LogP contribution in [0, 0.1) is 11.8 Å². The lowest BCUT2D eigenvalue weighted by atomic mass is 9.91. The van der Waals surface area contributed by atoms with Crippen molar-refractivity contribution in [2.24, 2.45) is 11.8 Å². The zero-order valence-electron chi connectivity index (χ0n) is 15.0. The van der Waals surface area contributed by atoms with Gasteiger partial charge in [-0.05, 0) is 23.5 Å². The molecule has 0 amide bonds. The molecule has 2 aromatic rings. The van der Waals surface area contributed by atoms with E-state index in [-0.39, 0.29) is 31.3 Å². The summed E-state index contributed by atoms with van der Waals surface area (Å²) in [6, 6.07) is 18.5. The number of carbonyl (C=O) groups excluding carboxylic acids is 3. The number of hydrogen-bond acceptors (Lipinski definition) is 5. The highest BCUT2D eigenvalue weighted by Crippen LogP contribution is 2.31. The molecule has 3 rings (SSSR count). The zero-order valence-corrected chi connectivity index (χ0v) is 15.0. The molecule has 5 heteroatoms. The van der Waals surface area contributed by atoms with Gasteiger partial charge < -0.3 is 9.47 Å². The van der Waals surface area contributed by atoms with Crippen LogP contribution >= 0.6 is 0 Å². The molecular formula is C22H22O5. The predicted octanol–water partition coefficient (Wildman–Crippen LogP) is 3.46. The van der Waals surface area contributed by atoms with Crippen LogP contribution in [0.5, 0.6) is 0 Å². The van der Waals surface area contributed by atoms with E-state index < -0.39 is 17.9 Å². The first-order chi connectivity index (χ1) is 13.1. The first kappa shape index (κ1) is 18.8. The minimum atomic E-state index is -1.07. The first-order valence-corrected chi connectivity index (χ1v) is 9.06. The van der Waals surface area contributed by atoms with Gasteiger partial charge in [-0.3, -0.25) is 14.4 Å². The van der Waals surface area contributed by atoms with Gasteiger partial charge in [-0.2, -0.15) is 0 Å². The van der Waals surface area contributed by atoms with Gasteiger partial charge in [0.05, 0.1) is 0 Å². The van der Waals surface area contributed by atoms with Gasteiger partial charge in [0.1, 0.15) is 19.0 Å². The number of ketones is 1. The van der Waals surface area contributed by atoms with Gasteiger partial charge >= 0.3 is 11.9 Å². The summed E-state index contributed by atoms with van der Waals surface area (Å²) in [5.41, 5.74) is 1.68. The summed E-state index contributed by atoms with van der Waals surface area (Å²) in [6.45, 7) is 0.172. The second-order valence-corrected chi connectivity index (χ2v) is 6.71. The summed E-state index contributed by atoms with van der Waals surface area (Å²) in [5.74, 6) is -2.61. The number of hydrogen-bond donors (Lipinski definition) is 0. The van der Waals surface area contributed by atoms with Crippen molar-refractivity contribution in [1.29, 1.82) is 0 Å². The molecule has 0 saturated heterocycles. The summed E-state index contributed by atoms with van der Waals surface area (Å²) >= 11 is 0. The molecule has 1 saturated carbocycles.